The second-order valence-electron chi connectivity index (χ2n) is 4.35. The van der Waals surface area contributed by atoms with Gasteiger partial charge in [0.25, 0.3) is 0 Å². The lowest BCUT2D eigenvalue weighted by Crippen LogP contribution is -2.21. The zero-order valence-electron chi connectivity index (χ0n) is 10.9. The van der Waals surface area contributed by atoms with Crippen LogP contribution in [0, 0.1) is 6.92 Å². The van der Waals surface area contributed by atoms with Crippen molar-refractivity contribution in [1.29, 1.82) is 0 Å². The summed E-state index contributed by atoms with van der Waals surface area (Å²) in [6, 6.07) is 13.4. The molecule has 0 aliphatic heterocycles. The summed E-state index contributed by atoms with van der Waals surface area (Å²) in [5, 5.41) is 5.94. The van der Waals surface area contributed by atoms with E-state index >= 15 is 0 Å². The Morgan fingerprint density at radius 1 is 1.10 bits per heavy atom. The number of anilines is 2. The molecule has 2 aromatic carbocycles. The Hall–Kier alpha value is -1.33. The molecule has 0 spiro atoms. The molecule has 0 unspecified atom stereocenters. The minimum Gasteiger partial charge on any atom is -0.376 e. The highest BCUT2D eigenvalue weighted by Crippen LogP contribution is 2.22. The molecule has 0 saturated heterocycles. The standard InChI is InChI=1S/C15H14Br2N2O/c1-10-6-7-11(8-13(10)17)18-9-15(20)19-14-5-3-2-4-12(14)16/h2-8,18H,9H2,1H3,(H,19,20). The fraction of sp³-hybridized carbons (Fsp3) is 0.133. The van der Waals surface area contributed by atoms with Gasteiger partial charge in [-0.1, -0.05) is 34.1 Å². The van der Waals surface area contributed by atoms with E-state index in [-0.39, 0.29) is 12.5 Å². The number of benzene rings is 2. The largest absolute Gasteiger partial charge is 0.376 e. The zero-order chi connectivity index (χ0) is 14.5. The van der Waals surface area contributed by atoms with Crippen LogP contribution in [0.15, 0.2) is 51.4 Å². The molecular formula is C15H14Br2N2O. The van der Waals surface area contributed by atoms with Crippen molar-refractivity contribution in [3.8, 4) is 0 Å². The number of nitrogens with one attached hydrogen (secondary N) is 2. The Bertz CT molecular complexity index is 629. The van der Waals surface area contributed by atoms with Gasteiger partial charge in [-0.05, 0) is 52.7 Å². The van der Waals surface area contributed by atoms with Crippen molar-refractivity contribution >= 4 is 49.1 Å². The summed E-state index contributed by atoms with van der Waals surface area (Å²) < 4.78 is 1.89. The van der Waals surface area contributed by atoms with Gasteiger partial charge in [0, 0.05) is 14.6 Å². The number of hydrogen-bond donors (Lipinski definition) is 2. The lowest BCUT2D eigenvalue weighted by Gasteiger charge is -2.10. The van der Waals surface area contributed by atoms with Crippen molar-refractivity contribution < 1.29 is 4.79 Å². The number of carbonyl (C=O) groups excluding carboxylic acids is 1. The molecule has 0 aromatic heterocycles. The molecule has 2 N–H and O–H groups in total. The summed E-state index contributed by atoms with van der Waals surface area (Å²) in [5.74, 6) is -0.0893. The van der Waals surface area contributed by atoms with E-state index in [2.05, 4.69) is 42.5 Å². The van der Waals surface area contributed by atoms with Crippen molar-refractivity contribution in [2.24, 2.45) is 0 Å². The Balaban J connectivity index is 1.92. The van der Waals surface area contributed by atoms with Crippen LogP contribution in [0.4, 0.5) is 11.4 Å². The third-order valence-corrected chi connectivity index (χ3v) is 4.32. The van der Waals surface area contributed by atoms with E-state index in [0.717, 1.165) is 25.9 Å². The maximum absolute atomic E-state index is 11.9. The van der Waals surface area contributed by atoms with Gasteiger partial charge in [-0.15, -0.1) is 0 Å². The van der Waals surface area contributed by atoms with Gasteiger partial charge in [-0.2, -0.15) is 0 Å². The van der Waals surface area contributed by atoms with Crippen LogP contribution in [0.3, 0.4) is 0 Å². The van der Waals surface area contributed by atoms with E-state index in [1.54, 1.807) is 0 Å². The molecule has 2 aromatic rings. The van der Waals surface area contributed by atoms with Crippen molar-refractivity contribution in [2.75, 3.05) is 17.2 Å². The third-order valence-electron chi connectivity index (χ3n) is 2.77. The Labute approximate surface area is 135 Å². The molecule has 20 heavy (non-hydrogen) atoms. The topological polar surface area (TPSA) is 41.1 Å². The second-order valence-corrected chi connectivity index (χ2v) is 6.05. The van der Waals surface area contributed by atoms with Gasteiger partial charge >= 0.3 is 0 Å². The minimum absolute atomic E-state index is 0.0893. The lowest BCUT2D eigenvalue weighted by atomic mass is 10.2. The molecule has 0 aliphatic carbocycles. The maximum Gasteiger partial charge on any atom is 0.243 e. The lowest BCUT2D eigenvalue weighted by molar-refractivity contribution is -0.114. The molecule has 5 heteroatoms. The first-order chi connectivity index (χ1) is 9.56. The number of aryl methyl sites for hydroxylation is 1. The van der Waals surface area contributed by atoms with E-state index in [4.69, 9.17) is 0 Å². The van der Waals surface area contributed by atoms with Crippen LogP contribution in [0.2, 0.25) is 0 Å². The fourth-order valence-corrected chi connectivity index (χ4v) is 2.40. The Morgan fingerprint density at radius 3 is 2.55 bits per heavy atom. The van der Waals surface area contributed by atoms with Crippen LogP contribution in [-0.2, 0) is 4.79 Å². The molecule has 0 atom stereocenters. The number of rotatable bonds is 4. The molecule has 3 nitrogen and oxygen atoms in total. The zero-order valence-corrected chi connectivity index (χ0v) is 14.1. The first-order valence-corrected chi connectivity index (χ1v) is 7.69. The van der Waals surface area contributed by atoms with Crippen LogP contribution in [0.25, 0.3) is 0 Å². The number of para-hydroxylation sites is 1. The predicted octanol–water partition coefficient (Wildman–Crippen LogP) is 4.57. The number of hydrogen-bond acceptors (Lipinski definition) is 2. The van der Waals surface area contributed by atoms with Crippen molar-refractivity contribution in [3.63, 3.8) is 0 Å². The predicted molar refractivity (Wildman–Crippen MR) is 90.1 cm³/mol. The van der Waals surface area contributed by atoms with Crippen LogP contribution >= 0.6 is 31.9 Å². The SMILES string of the molecule is Cc1ccc(NCC(=O)Nc2ccccc2Br)cc1Br. The van der Waals surface area contributed by atoms with Crippen LogP contribution < -0.4 is 10.6 Å². The summed E-state index contributed by atoms with van der Waals surface area (Å²) in [6.45, 7) is 2.24. The fourth-order valence-electron chi connectivity index (χ4n) is 1.64. The highest BCUT2D eigenvalue weighted by atomic mass is 79.9. The van der Waals surface area contributed by atoms with Crippen molar-refractivity contribution in [3.05, 3.63) is 57.0 Å². The third kappa shape index (κ3) is 4.08. The molecule has 0 bridgehead atoms. The normalized spacial score (nSPS) is 10.2. The molecule has 0 saturated carbocycles. The van der Waals surface area contributed by atoms with Crippen molar-refractivity contribution in [2.45, 2.75) is 6.92 Å². The van der Waals surface area contributed by atoms with Gasteiger partial charge in [0.2, 0.25) is 5.91 Å². The van der Waals surface area contributed by atoms with E-state index in [1.165, 1.54) is 0 Å². The van der Waals surface area contributed by atoms with Crippen molar-refractivity contribution in [1.82, 2.24) is 0 Å². The number of carbonyl (C=O) groups is 1. The van der Waals surface area contributed by atoms with Gasteiger partial charge in [0.05, 0.1) is 12.2 Å². The van der Waals surface area contributed by atoms with Gasteiger partial charge < -0.3 is 10.6 Å². The van der Waals surface area contributed by atoms with Gasteiger partial charge in [0.1, 0.15) is 0 Å². The Morgan fingerprint density at radius 2 is 1.85 bits per heavy atom. The highest BCUT2D eigenvalue weighted by Gasteiger charge is 2.05. The summed E-state index contributed by atoms with van der Waals surface area (Å²) in [4.78, 5) is 11.9. The van der Waals surface area contributed by atoms with Crippen LogP contribution in [-0.4, -0.2) is 12.5 Å². The van der Waals surface area contributed by atoms with Crippen LogP contribution in [0.1, 0.15) is 5.56 Å². The Kier molecular flexibility index (Phi) is 5.20. The molecule has 0 heterocycles. The molecule has 0 fully saturated rings. The molecule has 104 valence electrons. The van der Waals surface area contributed by atoms with Gasteiger partial charge in [-0.3, -0.25) is 4.79 Å². The maximum atomic E-state index is 11.9. The van der Waals surface area contributed by atoms with E-state index < -0.39 is 0 Å². The smallest absolute Gasteiger partial charge is 0.243 e. The first-order valence-electron chi connectivity index (χ1n) is 6.10. The highest BCUT2D eigenvalue weighted by molar-refractivity contribution is 9.10. The van der Waals surface area contributed by atoms with E-state index in [9.17, 15) is 4.79 Å². The molecule has 0 radical (unpaired) electrons. The molecular weight excluding hydrogens is 384 g/mol. The summed E-state index contributed by atoms with van der Waals surface area (Å²) in [6.07, 6.45) is 0. The average Bonchev–Trinajstić information content (AvgIpc) is 2.43. The molecule has 1 amide bonds. The molecule has 0 aliphatic rings. The van der Waals surface area contributed by atoms with E-state index in [0.29, 0.717) is 0 Å². The minimum atomic E-state index is -0.0893. The number of halogens is 2. The quantitative estimate of drug-likeness (QED) is 0.793. The summed E-state index contributed by atoms with van der Waals surface area (Å²) >= 11 is 6.87. The second kappa shape index (κ2) is 6.90. The summed E-state index contributed by atoms with van der Waals surface area (Å²) in [5.41, 5.74) is 2.84. The number of amides is 1. The molecule has 2 rings (SSSR count). The monoisotopic (exact) mass is 396 g/mol. The summed E-state index contributed by atoms with van der Waals surface area (Å²) in [7, 11) is 0. The van der Waals surface area contributed by atoms with Gasteiger partial charge in [-0.25, -0.2) is 0 Å². The van der Waals surface area contributed by atoms with Crippen LogP contribution in [0.5, 0.6) is 0 Å². The van der Waals surface area contributed by atoms with Gasteiger partial charge in [0.15, 0.2) is 0 Å². The first kappa shape index (κ1) is 15.1. The van der Waals surface area contributed by atoms with E-state index in [1.807, 2.05) is 49.4 Å². The average molecular weight is 398 g/mol.